The average Bonchev–Trinajstić information content (AvgIpc) is 3.20. The smallest absolute Gasteiger partial charge is 0.462 e. The highest BCUT2D eigenvalue weighted by Gasteiger charge is 2.27. The number of allylic oxidation sites excluding steroid dienone is 14. The number of esters is 2. The van der Waals surface area contributed by atoms with Gasteiger partial charge in [-0.2, -0.15) is 0 Å². The van der Waals surface area contributed by atoms with Gasteiger partial charge in [-0.25, -0.2) is 4.57 Å². The van der Waals surface area contributed by atoms with Crippen molar-refractivity contribution in [3.8, 4) is 0 Å². The maximum atomic E-state index is 12.7. The average molecular weight is 861 g/mol. The topological polar surface area (TPSA) is 108 Å². The van der Waals surface area contributed by atoms with Gasteiger partial charge in [-0.15, -0.1) is 0 Å². The summed E-state index contributed by atoms with van der Waals surface area (Å²) in [5, 5.41) is 0. The molecule has 0 radical (unpaired) electrons. The standard InChI is InChI=1S/C50H86NO8P/c1-6-8-10-12-14-16-18-20-22-24-25-27-28-30-32-34-36-38-40-42-49(52)56-46-48(47-58-60(54,55)57-45-44-51(3,4)5)59-50(53)43-41-39-37-35-33-31-29-26-23-21-19-17-15-13-11-9-7-2/h8,10,14-17,20-23,25,27,30,32,48H,6-7,9,11-13,18-19,24,26,28-29,31,33-47H2,1-5H3/p+1/b10-8-,16-14-,17-15-,22-20-,23-21-,27-25-,32-30-/t48-/m1/s1. The van der Waals surface area contributed by atoms with E-state index in [1.807, 2.05) is 21.1 Å². The molecule has 0 fully saturated rings. The number of likely N-dealkylation sites (N-methyl/N-ethyl adjacent to an activating group) is 1. The third kappa shape index (κ3) is 44.7. The van der Waals surface area contributed by atoms with Gasteiger partial charge in [-0.3, -0.25) is 18.6 Å². The number of nitrogens with zero attached hydrogens (tertiary/aromatic N) is 1. The molecule has 0 aliphatic heterocycles. The van der Waals surface area contributed by atoms with Crippen LogP contribution in [0.15, 0.2) is 85.1 Å². The van der Waals surface area contributed by atoms with Crippen LogP contribution in [-0.2, 0) is 32.7 Å². The Kier molecular flexibility index (Phi) is 39.6. The first-order chi connectivity index (χ1) is 29.0. The molecule has 1 N–H and O–H groups in total. The van der Waals surface area contributed by atoms with E-state index in [1.165, 1.54) is 44.9 Å². The fourth-order valence-electron chi connectivity index (χ4n) is 5.77. The Bertz CT molecular complexity index is 1290. The molecule has 0 aromatic heterocycles. The van der Waals surface area contributed by atoms with E-state index < -0.39 is 32.5 Å². The summed E-state index contributed by atoms with van der Waals surface area (Å²) in [7, 11) is 1.44. The summed E-state index contributed by atoms with van der Waals surface area (Å²) in [4.78, 5) is 35.4. The van der Waals surface area contributed by atoms with Crippen molar-refractivity contribution in [1.82, 2.24) is 0 Å². The number of unbranched alkanes of at least 4 members (excludes halogenated alkanes) is 13. The Morgan fingerprint density at radius 2 is 0.950 bits per heavy atom. The second-order valence-corrected chi connectivity index (χ2v) is 17.9. The minimum Gasteiger partial charge on any atom is -0.462 e. The molecular weight excluding hydrogens is 774 g/mol. The number of hydrogen-bond donors (Lipinski definition) is 1. The Labute approximate surface area is 367 Å². The van der Waals surface area contributed by atoms with E-state index in [1.54, 1.807) is 0 Å². The van der Waals surface area contributed by atoms with Crippen molar-refractivity contribution in [2.24, 2.45) is 0 Å². The van der Waals surface area contributed by atoms with E-state index in [4.69, 9.17) is 18.5 Å². The van der Waals surface area contributed by atoms with Crippen LogP contribution in [0.1, 0.15) is 168 Å². The van der Waals surface area contributed by atoms with Crippen molar-refractivity contribution in [3.05, 3.63) is 85.1 Å². The molecule has 0 spiro atoms. The molecule has 0 aromatic rings. The Hall–Kier alpha value is -2.81. The molecule has 1 unspecified atom stereocenters. The van der Waals surface area contributed by atoms with E-state index in [9.17, 15) is 19.0 Å². The van der Waals surface area contributed by atoms with Crippen LogP contribution in [0.3, 0.4) is 0 Å². The van der Waals surface area contributed by atoms with Gasteiger partial charge in [-0.1, -0.05) is 150 Å². The maximum Gasteiger partial charge on any atom is 0.472 e. The van der Waals surface area contributed by atoms with Crippen LogP contribution in [0, 0.1) is 0 Å². The summed E-state index contributed by atoms with van der Waals surface area (Å²) < 4.78 is 34.3. The zero-order valence-corrected chi connectivity index (χ0v) is 39.6. The molecule has 0 rings (SSSR count). The van der Waals surface area contributed by atoms with Gasteiger partial charge in [0.15, 0.2) is 6.10 Å². The van der Waals surface area contributed by atoms with Crippen molar-refractivity contribution in [2.45, 2.75) is 174 Å². The van der Waals surface area contributed by atoms with E-state index in [2.05, 4.69) is 98.9 Å². The number of carbonyl (C=O) groups is 2. The van der Waals surface area contributed by atoms with Gasteiger partial charge in [0, 0.05) is 12.8 Å². The Morgan fingerprint density at radius 3 is 1.43 bits per heavy atom. The van der Waals surface area contributed by atoms with Crippen molar-refractivity contribution >= 4 is 19.8 Å². The Morgan fingerprint density at radius 1 is 0.533 bits per heavy atom. The fourth-order valence-corrected chi connectivity index (χ4v) is 6.52. The number of ether oxygens (including phenoxy) is 2. The molecule has 0 heterocycles. The van der Waals surface area contributed by atoms with Gasteiger partial charge >= 0.3 is 19.8 Å². The summed E-state index contributed by atoms with van der Waals surface area (Å²) in [5.41, 5.74) is 0. The van der Waals surface area contributed by atoms with Gasteiger partial charge in [0.05, 0.1) is 27.7 Å². The van der Waals surface area contributed by atoms with Crippen LogP contribution in [-0.4, -0.2) is 74.9 Å². The third-order valence-corrected chi connectivity index (χ3v) is 10.4. The van der Waals surface area contributed by atoms with Gasteiger partial charge in [0.25, 0.3) is 0 Å². The van der Waals surface area contributed by atoms with Gasteiger partial charge in [0.1, 0.15) is 19.8 Å². The van der Waals surface area contributed by atoms with Gasteiger partial charge in [0.2, 0.25) is 0 Å². The first-order valence-corrected chi connectivity index (χ1v) is 24.8. The summed E-state index contributed by atoms with van der Waals surface area (Å²) in [6, 6.07) is 0. The highest BCUT2D eigenvalue weighted by molar-refractivity contribution is 7.47. The molecule has 0 saturated heterocycles. The summed E-state index contributed by atoms with van der Waals surface area (Å²) >= 11 is 0. The molecule has 2 atom stereocenters. The number of quaternary nitrogens is 1. The highest BCUT2D eigenvalue weighted by Crippen LogP contribution is 2.43. The molecular formula is C50H87NO8P+. The number of carbonyl (C=O) groups excluding carboxylic acids is 2. The van der Waals surface area contributed by atoms with E-state index in [0.29, 0.717) is 23.9 Å². The first kappa shape index (κ1) is 57.2. The molecule has 0 aliphatic carbocycles. The predicted molar refractivity (Wildman–Crippen MR) is 252 cm³/mol. The lowest BCUT2D eigenvalue weighted by Gasteiger charge is -2.24. The second-order valence-electron chi connectivity index (χ2n) is 16.4. The zero-order valence-electron chi connectivity index (χ0n) is 38.7. The van der Waals surface area contributed by atoms with Crippen molar-refractivity contribution in [1.29, 1.82) is 0 Å². The van der Waals surface area contributed by atoms with Crippen LogP contribution in [0.5, 0.6) is 0 Å². The highest BCUT2D eigenvalue weighted by atomic mass is 31.2. The lowest BCUT2D eigenvalue weighted by molar-refractivity contribution is -0.870. The van der Waals surface area contributed by atoms with Crippen LogP contribution in [0.25, 0.3) is 0 Å². The quantitative estimate of drug-likeness (QED) is 0.0213. The van der Waals surface area contributed by atoms with E-state index >= 15 is 0 Å². The molecule has 0 bridgehead atoms. The molecule has 0 amide bonds. The predicted octanol–water partition coefficient (Wildman–Crippen LogP) is 13.6. The second kappa shape index (κ2) is 41.5. The van der Waals surface area contributed by atoms with Crippen molar-refractivity contribution in [2.75, 3.05) is 47.5 Å². The largest absolute Gasteiger partial charge is 0.472 e. The third-order valence-electron chi connectivity index (χ3n) is 9.41. The van der Waals surface area contributed by atoms with Crippen LogP contribution >= 0.6 is 7.82 Å². The molecule has 0 saturated carbocycles. The van der Waals surface area contributed by atoms with E-state index in [0.717, 1.165) is 83.5 Å². The minimum absolute atomic E-state index is 0.0198. The van der Waals surface area contributed by atoms with E-state index in [-0.39, 0.29) is 26.1 Å². The molecule has 0 aliphatic rings. The minimum atomic E-state index is -4.39. The maximum absolute atomic E-state index is 12.7. The first-order valence-electron chi connectivity index (χ1n) is 23.3. The molecule has 9 nitrogen and oxygen atoms in total. The lowest BCUT2D eigenvalue weighted by Crippen LogP contribution is -2.37. The molecule has 344 valence electrons. The summed E-state index contributed by atoms with van der Waals surface area (Å²) in [5.74, 6) is -0.852. The van der Waals surface area contributed by atoms with Gasteiger partial charge in [-0.05, 0) is 89.9 Å². The molecule has 10 heteroatoms. The number of phosphoric ester groups is 1. The monoisotopic (exact) mass is 861 g/mol. The summed E-state index contributed by atoms with van der Waals surface area (Å²) in [6.45, 7) is 4.22. The van der Waals surface area contributed by atoms with Crippen LogP contribution in [0.4, 0.5) is 0 Å². The molecule has 0 aromatic carbocycles. The SMILES string of the molecule is CC/C=C\C/C=C\C/C=C\C/C=C\C/C=C\CCCCCC(=O)OC[C@H](COP(=O)(O)OCC[N+](C)(C)C)OC(=O)CCCCCCCCC/C=C\C/C=C\CCCCC. The number of hydrogen-bond acceptors (Lipinski definition) is 7. The van der Waals surface area contributed by atoms with Gasteiger partial charge < -0.3 is 18.9 Å². The van der Waals surface area contributed by atoms with Crippen molar-refractivity contribution in [3.63, 3.8) is 0 Å². The van der Waals surface area contributed by atoms with Crippen LogP contribution in [0.2, 0.25) is 0 Å². The zero-order chi connectivity index (χ0) is 44.3. The van der Waals surface area contributed by atoms with Crippen molar-refractivity contribution < 1.29 is 42.1 Å². The number of rotatable bonds is 41. The molecule has 60 heavy (non-hydrogen) atoms. The lowest BCUT2D eigenvalue weighted by atomic mass is 10.1. The van der Waals surface area contributed by atoms with Crippen LogP contribution < -0.4 is 0 Å². The number of phosphoric acid groups is 1. The normalized spacial score (nSPS) is 14.3. The summed E-state index contributed by atoms with van der Waals surface area (Å²) in [6.07, 6.45) is 53.4. The Balaban J connectivity index is 4.42. The fraction of sp³-hybridized carbons (Fsp3) is 0.680.